The molecule has 184 valence electrons. The van der Waals surface area contributed by atoms with Gasteiger partial charge in [-0.3, -0.25) is 9.10 Å². The Morgan fingerprint density at radius 1 is 0.914 bits per heavy atom. The van der Waals surface area contributed by atoms with Gasteiger partial charge in [0.15, 0.2) is 0 Å². The zero-order chi connectivity index (χ0) is 25.6. The van der Waals surface area contributed by atoms with E-state index < -0.39 is 28.4 Å². The highest BCUT2D eigenvalue weighted by Gasteiger charge is 2.30. The van der Waals surface area contributed by atoms with Crippen LogP contribution >= 0.6 is 0 Å². The number of nitrogens with one attached hydrogen (secondary N) is 1. The van der Waals surface area contributed by atoms with Crippen molar-refractivity contribution in [2.45, 2.75) is 11.8 Å². The predicted molar refractivity (Wildman–Crippen MR) is 132 cm³/mol. The van der Waals surface area contributed by atoms with Gasteiger partial charge >= 0.3 is 5.97 Å². The summed E-state index contributed by atoms with van der Waals surface area (Å²) in [5, 5.41) is 2.64. The molecule has 9 nitrogen and oxygen atoms in total. The summed E-state index contributed by atoms with van der Waals surface area (Å²) in [6.07, 6.45) is 0. The summed E-state index contributed by atoms with van der Waals surface area (Å²) < 4.78 is 43.6. The molecule has 0 heterocycles. The molecule has 10 heteroatoms. The minimum Gasteiger partial charge on any atom is -0.497 e. The number of hydrogen-bond donors (Lipinski definition) is 1. The molecule has 3 aromatic rings. The maximum atomic E-state index is 13.6. The van der Waals surface area contributed by atoms with Gasteiger partial charge in [-0.1, -0.05) is 23.8 Å². The molecule has 0 aromatic heterocycles. The van der Waals surface area contributed by atoms with E-state index in [1.165, 1.54) is 57.7 Å². The van der Waals surface area contributed by atoms with E-state index in [0.717, 1.165) is 9.87 Å². The van der Waals surface area contributed by atoms with Crippen molar-refractivity contribution in [1.29, 1.82) is 0 Å². The molecule has 3 aromatic carbocycles. The second kappa shape index (κ2) is 10.9. The van der Waals surface area contributed by atoms with Gasteiger partial charge in [0.25, 0.3) is 10.0 Å². The first-order chi connectivity index (χ1) is 16.7. The number of anilines is 2. The summed E-state index contributed by atoms with van der Waals surface area (Å²) in [5.41, 5.74) is 1.60. The lowest BCUT2D eigenvalue weighted by Crippen LogP contribution is -2.38. The number of methoxy groups -OCH3 is 3. The third-order valence-corrected chi connectivity index (χ3v) is 6.89. The van der Waals surface area contributed by atoms with E-state index in [0.29, 0.717) is 11.4 Å². The highest BCUT2D eigenvalue weighted by atomic mass is 32.2. The zero-order valence-electron chi connectivity index (χ0n) is 19.8. The Kier molecular flexibility index (Phi) is 7.98. The Morgan fingerprint density at radius 2 is 1.63 bits per heavy atom. The summed E-state index contributed by atoms with van der Waals surface area (Å²) in [6, 6.07) is 17.1. The number of sulfonamides is 1. The van der Waals surface area contributed by atoms with Crippen molar-refractivity contribution in [2.24, 2.45) is 0 Å². The fourth-order valence-corrected chi connectivity index (χ4v) is 4.73. The number of ether oxygens (including phenoxy) is 3. The Morgan fingerprint density at radius 3 is 2.26 bits per heavy atom. The van der Waals surface area contributed by atoms with Crippen LogP contribution in [0.2, 0.25) is 0 Å². The maximum absolute atomic E-state index is 13.6. The number of esters is 1. The van der Waals surface area contributed by atoms with Gasteiger partial charge in [-0.05, 0) is 49.4 Å². The van der Waals surface area contributed by atoms with Crippen molar-refractivity contribution in [3.63, 3.8) is 0 Å². The van der Waals surface area contributed by atoms with Crippen LogP contribution in [0.1, 0.15) is 15.9 Å². The van der Waals surface area contributed by atoms with Crippen molar-refractivity contribution < 1.29 is 32.2 Å². The summed E-state index contributed by atoms with van der Waals surface area (Å²) >= 11 is 0. The van der Waals surface area contributed by atoms with Crippen molar-refractivity contribution in [2.75, 3.05) is 37.5 Å². The standard InChI is InChI=1S/C25H26N2O7S/c1-17-8-11-21(12-9-17)35(30,31)27(22-13-10-20(32-2)15-23(22)33-3)16-24(28)26-19-7-5-6-18(14-19)25(29)34-4/h5-15H,16H2,1-4H3,(H,26,28). The maximum Gasteiger partial charge on any atom is 0.337 e. The molecule has 0 bridgehead atoms. The molecule has 1 amide bonds. The molecular formula is C25H26N2O7S. The molecule has 1 N–H and O–H groups in total. The van der Waals surface area contributed by atoms with E-state index in [9.17, 15) is 18.0 Å². The smallest absolute Gasteiger partial charge is 0.337 e. The Labute approximate surface area is 204 Å². The number of hydrogen-bond acceptors (Lipinski definition) is 7. The lowest BCUT2D eigenvalue weighted by Gasteiger charge is -2.26. The topological polar surface area (TPSA) is 111 Å². The van der Waals surface area contributed by atoms with E-state index in [1.807, 2.05) is 6.92 Å². The normalized spacial score (nSPS) is 10.9. The molecule has 0 aliphatic heterocycles. The van der Waals surface area contributed by atoms with Crippen LogP contribution in [0.15, 0.2) is 71.6 Å². The van der Waals surface area contributed by atoms with E-state index in [-0.39, 0.29) is 21.9 Å². The SMILES string of the molecule is COC(=O)c1cccc(NC(=O)CN(c2ccc(OC)cc2OC)S(=O)(=O)c2ccc(C)cc2)c1. The molecule has 0 saturated heterocycles. The fourth-order valence-electron chi connectivity index (χ4n) is 3.30. The molecule has 3 rings (SSSR count). The van der Waals surface area contributed by atoms with E-state index >= 15 is 0 Å². The Hall–Kier alpha value is -4.05. The number of amides is 1. The molecule has 0 radical (unpaired) electrons. The summed E-state index contributed by atoms with van der Waals surface area (Å²) in [7, 11) is -0.0313. The van der Waals surface area contributed by atoms with Crippen LogP contribution in [0.3, 0.4) is 0 Å². The third kappa shape index (κ3) is 5.90. The van der Waals surface area contributed by atoms with Gasteiger partial charge in [-0.15, -0.1) is 0 Å². The average Bonchev–Trinajstić information content (AvgIpc) is 2.86. The third-order valence-electron chi connectivity index (χ3n) is 5.12. The minimum atomic E-state index is -4.16. The molecular weight excluding hydrogens is 472 g/mol. The molecule has 0 aliphatic rings. The first-order valence-electron chi connectivity index (χ1n) is 10.5. The summed E-state index contributed by atoms with van der Waals surface area (Å²) in [4.78, 5) is 24.8. The van der Waals surface area contributed by atoms with Crippen LogP contribution in [0.25, 0.3) is 0 Å². The molecule has 0 aliphatic carbocycles. The largest absolute Gasteiger partial charge is 0.497 e. The van der Waals surface area contributed by atoms with E-state index in [1.54, 1.807) is 30.3 Å². The second-order valence-corrected chi connectivity index (χ2v) is 9.35. The minimum absolute atomic E-state index is 0.0152. The summed E-state index contributed by atoms with van der Waals surface area (Å²) in [5.74, 6) is -0.517. The van der Waals surface area contributed by atoms with Gasteiger partial charge in [0.1, 0.15) is 18.0 Å². The number of benzene rings is 3. The van der Waals surface area contributed by atoms with Crippen molar-refractivity contribution in [3.8, 4) is 11.5 Å². The predicted octanol–water partition coefficient (Wildman–Crippen LogP) is 3.63. The summed E-state index contributed by atoms with van der Waals surface area (Å²) in [6.45, 7) is 1.29. The Bertz CT molecular complexity index is 1320. The van der Waals surface area contributed by atoms with Crippen molar-refractivity contribution in [1.82, 2.24) is 0 Å². The van der Waals surface area contributed by atoms with E-state index in [2.05, 4.69) is 5.32 Å². The van der Waals surface area contributed by atoms with E-state index in [4.69, 9.17) is 14.2 Å². The van der Waals surface area contributed by atoms with Crippen LogP contribution in [0.4, 0.5) is 11.4 Å². The van der Waals surface area contributed by atoms with Crippen LogP contribution in [-0.2, 0) is 19.6 Å². The molecule has 0 unspecified atom stereocenters. The monoisotopic (exact) mass is 498 g/mol. The molecule has 0 spiro atoms. The first kappa shape index (κ1) is 25.6. The van der Waals surface area contributed by atoms with Crippen LogP contribution in [0, 0.1) is 6.92 Å². The number of carbonyl (C=O) groups excluding carboxylic acids is 2. The molecule has 35 heavy (non-hydrogen) atoms. The van der Waals surface area contributed by atoms with Crippen LogP contribution < -0.4 is 19.1 Å². The fraction of sp³-hybridized carbons (Fsp3) is 0.200. The van der Waals surface area contributed by atoms with Crippen molar-refractivity contribution in [3.05, 3.63) is 77.9 Å². The highest BCUT2D eigenvalue weighted by Crippen LogP contribution is 2.35. The molecule has 0 saturated carbocycles. The number of nitrogens with zero attached hydrogens (tertiary/aromatic N) is 1. The number of carbonyl (C=O) groups is 2. The van der Waals surface area contributed by atoms with Gasteiger partial charge in [0.05, 0.1) is 37.5 Å². The van der Waals surface area contributed by atoms with Crippen LogP contribution in [0.5, 0.6) is 11.5 Å². The zero-order valence-corrected chi connectivity index (χ0v) is 20.6. The van der Waals surface area contributed by atoms with Gasteiger partial charge in [0.2, 0.25) is 5.91 Å². The lowest BCUT2D eigenvalue weighted by molar-refractivity contribution is -0.114. The molecule has 0 atom stereocenters. The molecule has 0 fully saturated rings. The van der Waals surface area contributed by atoms with Gasteiger partial charge in [-0.25, -0.2) is 13.2 Å². The average molecular weight is 499 g/mol. The highest BCUT2D eigenvalue weighted by molar-refractivity contribution is 7.92. The quantitative estimate of drug-likeness (QED) is 0.449. The van der Waals surface area contributed by atoms with Crippen molar-refractivity contribution >= 4 is 33.3 Å². The lowest BCUT2D eigenvalue weighted by atomic mass is 10.2. The first-order valence-corrected chi connectivity index (χ1v) is 11.9. The van der Waals surface area contributed by atoms with Gasteiger partial charge in [-0.2, -0.15) is 0 Å². The Balaban J connectivity index is 2.00. The van der Waals surface area contributed by atoms with Crippen LogP contribution in [-0.4, -0.2) is 48.2 Å². The second-order valence-electron chi connectivity index (χ2n) is 7.48. The number of aryl methyl sites for hydroxylation is 1. The van der Waals surface area contributed by atoms with Gasteiger partial charge < -0.3 is 19.5 Å². The number of rotatable bonds is 9. The van der Waals surface area contributed by atoms with Gasteiger partial charge in [0, 0.05) is 11.8 Å².